The summed E-state index contributed by atoms with van der Waals surface area (Å²) < 4.78 is 19.1. The topological polar surface area (TPSA) is 120 Å². The molecule has 4 aromatic rings. The Labute approximate surface area is 250 Å². The number of hydrogen-bond donors (Lipinski definition) is 3. The van der Waals surface area contributed by atoms with Crippen LogP contribution in [0.2, 0.25) is 0 Å². The van der Waals surface area contributed by atoms with E-state index in [9.17, 15) is 14.4 Å². The van der Waals surface area contributed by atoms with Crippen LogP contribution in [0.25, 0.3) is 22.0 Å². The fourth-order valence-electron chi connectivity index (χ4n) is 5.74. The number of nitrogens with one attached hydrogen (secondary N) is 3. The van der Waals surface area contributed by atoms with Crippen molar-refractivity contribution in [2.45, 2.75) is 32.4 Å². The number of rotatable bonds is 10. The van der Waals surface area contributed by atoms with Gasteiger partial charge in [-0.25, -0.2) is 0 Å². The van der Waals surface area contributed by atoms with Gasteiger partial charge in [-0.3, -0.25) is 14.4 Å². The minimum Gasteiger partial charge on any atom is -0.493 e. The molecule has 0 radical (unpaired) electrons. The molecule has 224 valence electrons. The average Bonchev–Trinajstić information content (AvgIpc) is 3.27. The highest BCUT2D eigenvalue weighted by atomic mass is 16.5. The third kappa shape index (κ3) is 6.13. The first-order valence-corrected chi connectivity index (χ1v) is 14.2. The first-order valence-electron chi connectivity index (χ1n) is 14.2. The number of aryl methyl sites for hydroxylation is 1. The van der Waals surface area contributed by atoms with Crippen LogP contribution < -0.4 is 35.6 Å². The summed E-state index contributed by atoms with van der Waals surface area (Å²) in [6.45, 7) is 2.45. The number of ether oxygens (including phenoxy) is 3. The minimum absolute atomic E-state index is 0.0730. The number of fused-ring (bicyclic) bond motifs is 4. The third-order valence-electron chi connectivity index (χ3n) is 7.71. The Morgan fingerprint density at radius 2 is 1.77 bits per heavy atom. The average molecular weight is 585 g/mol. The Balaban J connectivity index is 1.41. The number of aromatic nitrogens is 1. The first kappa shape index (κ1) is 29.5. The van der Waals surface area contributed by atoms with Crippen LogP contribution in [0.1, 0.15) is 30.5 Å². The van der Waals surface area contributed by atoms with Crippen LogP contribution in [0.4, 0.5) is 5.69 Å². The Morgan fingerprint density at radius 1 is 0.977 bits per heavy atom. The summed E-state index contributed by atoms with van der Waals surface area (Å²) in [7, 11) is 4.66. The van der Waals surface area contributed by atoms with Gasteiger partial charge in [0.15, 0.2) is 11.5 Å². The fraction of sp³-hybridized carbons (Fsp3) is 0.303. The third-order valence-corrected chi connectivity index (χ3v) is 7.71. The molecule has 1 aromatic heterocycles. The highest BCUT2D eigenvalue weighted by Crippen LogP contribution is 2.50. The molecule has 3 N–H and O–H groups in total. The van der Waals surface area contributed by atoms with E-state index in [0.717, 1.165) is 27.6 Å². The summed E-state index contributed by atoms with van der Waals surface area (Å²) in [6, 6.07) is 16.6. The van der Waals surface area contributed by atoms with E-state index in [1.807, 2.05) is 42.6 Å². The van der Waals surface area contributed by atoms with Gasteiger partial charge in [0.2, 0.25) is 23.0 Å². The van der Waals surface area contributed by atoms with Crippen molar-refractivity contribution in [2.24, 2.45) is 0 Å². The molecule has 0 spiro atoms. The molecule has 10 nitrogen and oxygen atoms in total. The Morgan fingerprint density at radius 3 is 2.51 bits per heavy atom. The number of carbonyl (C=O) groups is 2. The minimum atomic E-state index is -0.414. The van der Waals surface area contributed by atoms with Crippen molar-refractivity contribution in [1.29, 1.82) is 0 Å². The summed E-state index contributed by atoms with van der Waals surface area (Å²) in [5.41, 5.74) is 4.15. The number of para-hydroxylation sites is 1. The van der Waals surface area contributed by atoms with Gasteiger partial charge in [-0.05, 0) is 65.3 Å². The zero-order valence-corrected chi connectivity index (χ0v) is 24.8. The smallest absolute Gasteiger partial charge is 0.239 e. The van der Waals surface area contributed by atoms with E-state index in [2.05, 4.69) is 26.6 Å². The second-order valence-electron chi connectivity index (χ2n) is 10.4. The van der Waals surface area contributed by atoms with Gasteiger partial charge in [-0.1, -0.05) is 24.3 Å². The first-order chi connectivity index (χ1) is 20.8. The number of methoxy groups -OCH3 is 3. The standard InChI is InChI=1S/C33H36N4O6/c1-20(38)36-25-11-9-22-17-29(41-2)32(42-3)33(43-4)31(22)23-10-12-26(28(39)18-24(23)25)35-19-30(40)34-14-16-37-15-13-21-7-5-6-8-27(21)37/h5-8,10,12-13,15,17-18,25H,9,11,14,16,19H2,1-4H3,(H,34,40)(H,35,39)(H,36,38). The highest BCUT2D eigenvalue weighted by Gasteiger charge is 2.29. The number of carbonyl (C=O) groups excluding carboxylic acids is 2. The molecule has 1 aliphatic carbocycles. The summed E-state index contributed by atoms with van der Waals surface area (Å²) >= 11 is 0. The van der Waals surface area contributed by atoms with Crippen molar-refractivity contribution in [3.05, 3.63) is 82.1 Å². The molecule has 1 atom stereocenters. The monoisotopic (exact) mass is 584 g/mol. The summed E-state index contributed by atoms with van der Waals surface area (Å²) in [5.74, 6) is 1.00. The molecule has 1 aliphatic rings. The van der Waals surface area contributed by atoms with Crippen LogP contribution in [-0.4, -0.2) is 50.8 Å². The van der Waals surface area contributed by atoms with Crippen LogP contribution in [-0.2, 0) is 22.6 Å². The van der Waals surface area contributed by atoms with Gasteiger partial charge >= 0.3 is 0 Å². The summed E-state index contributed by atoms with van der Waals surface area (Å²) in [4.78, 5) is 38.3. The second-order valence-corrected chi connectivity index (χ2v) is 10.4. The molecule has 3 aromatic carbocycles. The largest absolute Gasteiger partial charge is 0.493 e. The van der Waals surface area contributed by atoms with Crippen LogP contribution >= 0.6 is 0 Å². The van der Waals surface area contributed by atoms with E-state index in [1.54, 1.807) is 27.4 Å². The second kappa shape index (κ2) is 12.9. The van der Waals surface area contributed by atoms with Crippen LogP contribution in [0.5, 0.6) is 17.2 Å². The van der Waals surface area contributed by atoms with Crippen molar-refractivity contribution in [2.75, 3.05) is 39.7 Å². The molecule has 5 rings (SSSR count). The summed E-state index contributed by atoms with van der Waals surface area (Å²) in [6.07, 6.45) is 3.16. The van der Waals surface area contributed by atoms with Crippen molar-refractivity contribution < 1.29 is 23.8 Å². The lowest BCUT2D eigenvalue weighted by molar-refractivity contribution is -0.120. The maximum absolute atomic E-state index is 13.4. The van der Waals surface area contributed by atoms with E-state index in [-0.39, 0.29) is 29.5 Å². The van der Waals surface area contributed by atoms with Crippen molar-refractivity contribution in [3.8, 4) is 28.4 Å². The van der Waals surface area contributed by atoms with E-state index in [4.69, 9.17) is 14.2 Å². The van der Waals surface area contributed by atoms with Gasteiger partial charge < -0.3 is 34.7 Å². The van der Waals surface area contributed by atoms with Gasteiger partial charge in [-0.2, -0.15) is 0 Å². The van der Waals surface area contributed by atoms with Crippen LogP contribution in [0.3, 0.4) is 0 Å². The lowest BCUT2D eigenvalue weighted by Gasteiger charge is -2.19. The van der Waals surface area contributed by atoms with E-state index < -0.39 is 6.04 Å². The van der Waals surface area contributed by atoms with E-state index in [0.29, 0.717) is 48.7 Å². The van der Waals surface area contributed by atoms with Crippen molar-refractivity contribution in [3.63, 3.8) is 0 Å². The number of hydrogen-bond acceptors (Lipinski definition) is 7. The molecule has 10 heteroatoms. The van der Waals surface area contributed by atoms with Crippen molar-refractivity contribution >= 4 is 28.4 Å². The number of anilines is 1. The molecule has 0 saturated heterocycles. The molecular formula is C33H36N4O6. The maximum Gasteiger partial charge on any atom is 0.239 e. The van der Waals surface area contributed by atoms with E-state index >= 15 is 0 Å². The number of benzene rings is 2. The maximum atomic E-state index is 13.4. The molecule has 43 heavy (non-hydrogen) atoms. The lowest BCUT2D eigenvalue weighted by atomic mass is 9.95. The molecule has 0 saturated carbocycles. The van der Waals surface area contributed by atoms with Gasteiger partial charge in [0.25, 0.3) is 0 Å². The summed E-state index contributed by atoms with van der Waals surface area (Å²) in [5, 5.41) is 10.1. The van der Waals surface area contributed by atoms with E-state index in [1.165, 1.54) is 13.0 Å². The van der Waals surface area contributed by atoms with Gasteiger partial charge in [0.05, 0.1) is 39.6 Å². The number of nitrogens with zero attached hydrogens (tertiary/aromatic N) is 1. The fourth-order valence-corrected chi connectivity index (χ4v) is 5.74. The molecule has 2 amide bonds. The van der Waals surface area contributed by atoms with Gasteiger partial charge in [0, 0.05) is 37.3 Å². The zero-order valence-electron chi connectivity index (χ0n) is 24.8. The zero-order chi connectivity index (χ0) is 30.5. The molecule has 1 unspecified atom stereocenters. The quantitative estimate of drug-likeness (QED) is 0.257. The molecule has 0 bridgehead atoms. The van der Waals surface area contributed by atoms with Gasteiger partial charge in [-0.15, -0.1) is 0 Å². The van der Waals surface area contributed by atoms with Gasteiger partial charge in [0.1, 0.15) is 0 Å². The Hall–Kier alpha value is -4.99. The van der Waals surface area contributed by atoms with Crippen LogP contribution in [0.15, 0.2) is 65.6 Å². The molecular weight excluding hydrogens is 548 g/mol. The Kier molecular flexibility index (Phi) is 8.85. The predicted molar refractivity (Wildman–Crippen MR) is 166 cm³/mol. The lowest BCUT2D eigenvalue weighted by Crippen LogP contribution is -2.33. The van der Waals surface area contributed by atoms with Crippen molar-refractivity contribution in [1.82, 2.24) is 15.2 Å². The number of amides is 2. The normalized spacial score (nSPS) is 13.7. The molecule has 0 fully saturated rings. The Bertz CT molecular complexity index is 1730. The predicted octanol–water partition coefficient (Wildman–Crippen LogP) is 4.05. The molecule has 1 heterocycles. The highest BCUT2D eigenvalue weighted by molar-refractivity contribution is 5.84. The van der Waals surface area contributed by atoms with Crippen LogP contribution in [0, 0.1) is 0 Å². The molecule has 0 aliphatic heterocycles. The SMILES string of the molecule is COc1cc2c(c(OC)c1OC)-c1ccc(NCC(=O)NCCn3ccc4ccccc43)c(=O)cc1C(NC(C)=O)CC2.